The Morgan fingerprint density at radius 1 is 0.833 bits per heavy atom. The Morgan fingerprint density at radius 3 is 2.06 bits per heavy atom. The second-order valence-corrected chi connectivity index (χ2v) is 10.3. The van der Waals surface area contributed by atoms with Crippen LogP contribution in [0.25, 0.3) is 10.8 Å². The van der Waals surface area contributed by atoms with Gasteiger partial charge in [-0.25, -0.2) is 0 Å². The molecule has 1 spiro atoms. The Kier molecular flexibility index (Phi) is 5.50. The first-order chi connectivity index (χ1) is 17.4. The van der Waals surface area contributed by atoms with Gasteiger partial charge in [-0.3, -0.25) is 19.3 Å². The molecule has 3 aliphatic heterocycles. The lowest BCUT2D eigenvalue weighted by Crippen LogP contribution is -2.57. The van der Waals surface area contributed by atoms with Crippen LogP contribution < -0.4 is 4.90 Å². The number of hydrogen-bond donors (Lipinski definition) is 0. The number of imide groups is 1. The molecule has 184 valence electrons. The molecule has 0 N–H and O–H groups in total. The van der Waals surface area contributed by atoms with Gasteiger partial charge in [0.05, 0.1) is 6.67 Å². The fourth-order valence-electron chi connectivity index (χ4n) is 5.99. The number of likely N-dealkylation sites (tertiary alicyclic amines) is 1. The number of amides is 3. The number of nitrogens with zero attached hydrogens (tertiary/aromatic N) is 4. The minimum atomic E-state index is -0.579. The highest BCUT2D eigenvalue weighted by molar-refractivity contribution is 6.30. The maximum atomic E-state index is 13.3. The van der Waals surface area contributed by atoms with Crippen LogP contribution in [0.3, 0.4) is 0 Å². The SMILES string of the molecule is CN1CN(c2ccc(Cl)cc2)C2(CCN(CCN3C(=O)c4cccc5cccc(c45)C3=O)CC2)C1=O. The summed E-state index contributed by atoms with van der Waals surface area (Å²) in [6.07, 6.45) is 1.37. The number of halogens is 1. The minimum Gasteiger partial charge on any atom is -0.339 e. The molecule has 0 saturated carbocycles. The quantitative estimate of drug-likeness (QED) is 0.507. The summed E-state index contributed by atoms with van der Waals surface area (Å²) in [5.74, 6) is -0.332. The lowest BCUT2D eigenvalue weighted by molar-refractivity contribution is -0.132. The summed E-state index contributed by atoms with van der Waals surface area (Å²) in [6.45, 7) is 2.88. The molecule has 3 aromatic rings. The molecule has 0 unspecified atom stereocenters. The molecule has 0 atom stereocenters. The van der Waals surface area contributed by atoms with Crippen molar-refractivity contribution in [3.63, 3.8) is 0 Å². The number of piperidine rings is 1. The Morgan fingerprint density at radius 2 is 1.44 bits per heavy atom. The lowest BCUT2D eigenvalue weighted by atomic mass is 9.85. The van der Waals surface area contributed by atoms with E-state index in [-0.39, 0.29) is 17.7 Å². The van der Waals surface area contributed by atoms with Crippen molar-refractivity contribution >= 4 is 45.8 Å². The van der Waals surface area contributed by atoms with Gasteiger partial charge >= 0.3 is 0 Å². The summed E-state index contributed by atoms with van der Waals surface area (Å²) in [6, 6.07) is 18.8. The lowest BCUT2D eigenvalue weighted by Gasteiger charge is -2.43. The standard InChI is InChI=1S/C28H27ClN4O3/c1-30-18-33(21-10-8-20(29)9-11-21)28(27(30)36)12-14-31(15-13-28)16-17-32-25(34)22-6-2-4-19-5-3-7-23(24(19)22)26(32)35/h2-11H,12-18H2,1H3. The minimum absolute atomic E-state index is 0.142. The molecule has 0 aromatic heterocycles. The number of rotatable bonds is 4. The van der Waals surface area contributed by atoms with Crippen LogP contribution in [0.2, 0.25) is 5.02 Å². The number of anilines is 1. The molecule has 0 radical (unpaired) electrons. The molecule has 3 heterocycles. The van der Waals surface area contributed by atoms with E-state index in [1.807, 2.05) is 55.6 Å². The number of carbonyl (C=O) groups excluding carboxylic acids is 3. The first-order valence-electron chi connectivity index (χ1n) is 12.3. The van der Waals surface area contributed by atoms with E-state index in [1.165, 1.54) is 4.90 Å². The van der Waals surface area contributed by atoms with Crippen molar-refractivity contribution in [1.29, 1.82) is 0 Å². The molecule has 7 nitrogen and oxygen atoms in total. The molecule has 3 amide bonds. The van der Waals surface area contributed by atoms with Gasteiger partial charge in [-0.2, -0.15) is 0 Å². The summed E-state index contributed by atoms with van der Waals surface area (Å²) in [7, 11) is 1.85. The summed E-state index contributed by atoms with van der Waals surface area (Å²) in [5.41, 5.74) is 1.57. The van der Waals surface area contributed by atoms with Crippen molar-refractivity contribution < 1.29 is 14.4 Å². The molecule has 8 heteroatoms. The number of benzene rings is 3. The van der Waals surface area contributed by atoms with E-state index in [0.717, 1.165) is 16.5 Å². The second kappa shape index (κ2) is 8.61. The monoisotopic (exact) mass is 502 g/mol. The van der Waals surface area contributed by atoms with Crippen molar-refractivity contribution in [3.8, 4) is 0 Å². The van der Waals surface area contributed by atoms with E-state index in [4.69, 9.17) is 11.6 Å². The Bertz CT molecular complexity index is 1330. The first kappa shape index (κ1) is 23.0. The molecular formula is C28H27ClN4O3. The third-order valence-electron chi connectivity index (χ3n) is 7.93. The normalized spacial score (nSPS) is 19.7. The van der Waals surface area contributed by atoms with Gasteiger partial charge in [-0.05, 0) is 54.6 Å². The van der Waals surface area contributed by atoms with Crippen LogP contribution in [0.1, 0.15) is 33.6 Å². The summed E-state index contributed by atoms with van der Waals surface area (Å²) in [5, 5.41) is 2.32. The highest BCUT2D eigenvalue weighted by Crippen LogP contribution is 2.39. The number of likely N-dealkylation sites (N-methyl/N-ethyl adjacent to an activating group) is 1. The van der Waals surface area contributed by atoms with Gasteiger partial charge in [-0.15, -0.1) is 0 Å². The van der Waals surface area contributed by atoms with Crippen molar-refractivity contribution in [3.05, 3.63) is 76.8 Å². The van der Waals surface area contributed by atoms with Crippen LogP contribution in [0, 0.1) is 0 Å². The van der Waals surface area contributed by atoms with Crippen LogP contribution in [-0.2, 0) is 4.79 Å². The number of hydrogen-bond acceptors (Lipinski definition) is 5. The fourth-order valence-corrected chi connectivity index (χ4v) is 6.11. The molecule has 0 aliphatic carbocycles. The van der Waals surface area contributed by atoms with Crippen molar-refractivity contribution in [1.82, 2.24) is 14.7 Å². The average molecular weight is 503 g/mol. The number of carbonyl (C=O) groups is 3. The molecule has 2 saturated heterocycles. The summed E-state index contributed by atoms with van der Waals surface area (Å²) >= 11 is 6.09. The van der Waals surface area contributed by atoms with Gasteiger partial charge in [0, 0.05) is 60.4 Å². The van der Waals surface area contributed by atoms with E-state index in [2.05, 4.69) is 9.80 Å². The molecule has 0 bridgehead atoms. The average Bonchev–Trinajstić information content (AvgIpc) is 3.13. The summed E-state index contributed by atoms with van der Waals surface area (Å²) < 4.78 is 0. The van der Waals surface area contributed by atoms with Crippen molar-refractivity contribution in [2.75, 3.05) is 44.8 Å². The van der Waals surface area contributed by atoms with E-state index in [0.29, 0.717) is 61.8 Å². The van der Waals surface area contributed by atoms with Gasteiger partial charge in [0.25, 0.3) is 11.8 Å². The van der Waals surface area contributed by atoms with Crippen LogP contribution in [0.4, 0.5) is 5.69 Å². The van der Waals surface area contributed by atoms with Crippen molar-refractivity contribution in [2.24, 2.45) is 0 Å². The van der Waals surface area contributed by atoms with Crippen molar-refractivity contribution in [2.45, 2.75) is 18.4 Å². The van der Waals surface area contributed by atoms with Crippen LogP contribution >= 0.6 is 11.6 Å². The maximum Gasteiger partial charge on any atom is 0.261 e. The van der Waals surface area contributed by atoms with Crippen LogP contribution in [0.15, 0.2) is 60.7 Å². The smallest absolute Gasteiger partial charge is 0.261 e. The Balaban J connectivity index is 1.16. The van der Waals surface area contributed by atoms with E-state index in [1.54, 1.807) is 17.0 Å². The van der Waals surface area contributed by atoms with Crippen LogP contribution in [-0.4, -0.2) is 77.9 Å². The van der Waals surface area contributed by atoms with Gasteiger partial charge < -0.3 is 14.7 Å². The first-order valence-corrected chi connectivity index (χ1v) is 12.7. The van der Waals surface area contributed by atoms with E-state index in [9.17, 15) is 14.4 Å². The maximum absolute atomic E-state index is 13.3. The Labute approximate surface area is 214 Å². The molecule has 3 aliphatic rings. The van der Waals surface area contributed by atoms with Gasteiger partial charge in [0.15, 0.2) is 0 Å². The molecule has 2 fully saturated rings. The van der Waals surface area contributed by atoms with Crippen LogP contribution in [0.5, 0.6) is 0 Å². The third kappa shape index (κ3) is 3.49. The highest BCUT2D eigenvalue weighted by atomic mass is 35.5. The zero-order valence-electron chi connectivity index (χ0n) is 20.1. The fraction of sp³-hybridized carbons (Fsp3) is 0.321. The van der Waals surface area contributed by atoms with Gasteiger partial charge in [-0.1, -0.05) is 35.9 Å². The largest absolute Gasteiger partial charge is 0.339 e. The van der Waals surface area contributed by atoms with E-state index < -0.39 is 5.54 Å². The molecule has 3 aromatic carbocycles. The summed E-state index contributed by atoms with van der Waals surface area (Å²) in [4.78, 5) is 47.3. The topological polar surface area (TPSA) is 64.2 Å². The predicted octanol–water partition coefficient (Wildman–Crippen LogP) is 3.86. The third-order valence-corrected chi connectivity index (χ3v) is 8.18. The van der Waals surface area contributed by atoms with E-state index >= 15 is 0 Å². The van der Waals surface area contributed by atoms with Gasteiger partial charge in [0.1, 0.15) is 5.54 Å². The highest BCUT2D eigenvalue weighted by Gasteiger charge is 2.52. The zero-order valence-corrected chi connectivity index (χ0v) is 20.9. The predicted molar refractivity (Wildman–Crippen MR) is 139 cm³/mol. The zero-order chi connectivity index (χ0) is 25.0. The molecular weight excluding hydrogens is 476 g/mol. The van der Waals surface area contributed by atoms with Gasteiger partial charge in [0.2, 0.25) is 5.91 Å². The Hall–Kier alpha value is -3.42. The second-order valence-electron chi connectivity index (χ2n) is 9.89. The molecule has 36 heavy (non-hydrogen) atoms. The molecule has 6 rings (SSSR count).